The van der Waals surface area contributed by atoms with E-state index in [0.717, 1.165) is 25.3 Å². The molecule has 0 aliphatic carbocycles. The molecule has 0 saturated carbocycles. The summed E-state index contributed by atoms with van der Waals surface area (Å²) in [5.41, 5.74) is 2.37. The monoisotopic (exact) mass is 267 g/mol. The van der Waals surface area contributed by atoms with Crippen molar-refractivity contribution < 1.29 is 4.74 Å². The van der Waals surface area contributed by atoms with Crippen LogP contribution in [0.1, 0.15) is 12.0 Å². The third kappa shape index (κ3) is 5.72. The molecule has 0 aromatic heterocycles. The summed E-state index contributed by atoms with van der Waals surface area (Å²) in [6.07, 6.45) is 5.15. The summed E-state index contributed by atoms with van der Waals surface area (Å²) in [4.78, 5) is 0. The zero-order valence-electron chi connectivity index (χ0n) is 11.7. The van der Waals surface area contributed by atoms with Crippen molar-refractivity contribution in [3.8, 4) is 0 Å². The fraction of sp³-hybridized carbons (Fsp3) is 0.222. The molecular weight excluding hydrogens is 246 g/mol. The van der Waals surface area contributed by atoms with Gasteiger partial charge in [-0.3, -0.25) is 0 Å². The van der Waals surface area contributed by atoms with Crippen molar-refractivity contribution in [3.63, 3.8) is 0 Å². The summed E-state index contributed by atoms with van der Waals surface area (Å²) in [5, 5.41) is 3.36. The second-order valence-corrected chi connectivity index (χ2v) is 4.53. The second-order valence-electron chi connectivity index (χ2n) is 4.53. The topological polar surface area (TPSA) is 21.3 Å². The van der Waals surface area contributed by atoms with E-state index in [0.29, 0.717) is 6.61 Å². The van der Waals surface area contributed by atoms with E-state index in [1.165, 1.54) is 5.56 Å². The number of hydrogen-bond donors (Lipinski definition) is 1. The van der Waals surface area contributed by atoms with Crippen LogP contribution in [0.15, 0.2) is 66.7 Å². The highest BCUT2D eigenvalue weighted by Gasteiger charge is 1.90. The Labute approximate surface area is 121 Å². The first-order valence-corrected chi connectivity index (χ1v) is 7.03. The molecule has 2 aromatic rings. The number of ether oxygens (including phenoxy) is 1. The molecule has 0 amide bonds. The molecule has 0 fully saturated rings. The molecule has 0 unspecified atom stereocenters. The molecule has 0 radical (unpaired) electrons. The minimum Gasteiger partial charge on any atom is -0.385 e. The lowest BCUT2D eigenvalue weighted by Gasteiger charge is -2.05. The van der Waals surface area contributed by atoms with Gasteiger partial charge in [-0.2, -0.15) is 0 Å². The van der Waals surface area contributed by atoms with Crippen LogP contribution in [-0.4, -0.2) is 19.8 Å². The molecule has 0 bridgehead atoms. The van der Waals surface area contributed by atoms with E-state index in [4.69, 9.17) is 4.74 Å². The zero-order valence-corrected chi connectivity index (χ0v) is 11.7. The highest BCUT2D eigenvalue weighted by Crippen LogP contribution is 2.04. The molecular formula is C18H21NO. The Hall–Kier alpha value is -2.06. The molecule has 0 atom stereocenters. The van der Waals surface area contributed by atoms with Crippen LogP contribution in [0.4, 0.5) is 5.69 Å². The lowest BCUT2D eigenvalue weighted by atomic mass is 10.2. The Morgan fingerprint density at radius 3 is 2.35 bits per heavy atom. The summed E-state index contributed by atoms with van der Waals surface area (Å²) in [6, 6.07) is 20.5. The SMILES string of the molecule is C(=Cc1ccccc1)COCCCNc1ccccc1. The third-order valence-corrected chi connectivity index (χ3v) is 2.89. The predicted octanol–water partition coefficient (Wildman–Crippen LogP) is 4.22. The van der Waals surface area contributed by atoms with E-state index >= 15 is 0 Å². The third-order valence-electron chi connectivity index (χ3n) is 2.89. The number of rotatable bonds is 8. The van der Waals surface area contributed by atoms with Gasteiger partial charge in [-0.05, 0) is 24.1 Å². The van der Waals surface area contributed by atoms with Crippen molar-refractivity contribution in [2.45, 2.75) is 6.42 Å². The van der Waals surface area contributed by atoms with Gasteiger partial charge in [-0.25, -0.2) is 0 Å². The molecule has 2 heteroatoms. The minimum atomic E-state index is 0.667. The van der Waals surface area contributed by atoms with E-state index < -0.39 is 0 Å². The molecule has 2 aromatic carbocycles. The zero-order chi connectivity index (χ0) is 13.9. The Morgan fingerprint density at radius 1 is 0.900 bits per heavy atom. The number of nitrogens with one attached hydrogen (secondary N) is 1. The van der Waals surface area contributed by atoms with Gasteiger partial charge in [0.2, 0.25) is 0 Å². The minimum absolute atomic E-state index is 0.667. The van der Waals surface area contributed by atoms with Crippen LogP contribution in [-0.2, 0) is 4.74 Å². The molecule has 104 valence electrons. The molecule has 2 nitrogen and oxygen atoms in total. The average Bonchev–Trinajstić information content (AvgIpc) is 2.52. The highest BCUT2D eigenvalue weighted by atomic mass is 16.5. The number of anilines is 1. The van der Waals surface area contributed by atoms with E-state index in [1.807, 2.05) is 36.4 Å². The Kier molecular flexibility index (Phi) is 6.42. The van der Waals surface area contributed by atoms with E-state index in [-0.39, 0.29) is 0 Å². The lowest BCUT2D eigenvalue weighted by Crippen LogP contribution is -2.05. The predicted molar refractivity (Wildman–Crippen MR) is 85.8 cm³/mol. The molecule has 1 N–H and O–H groups in total. The van der Waals surface area contributed by atoms with Crippen LogP contribution in [0, 0.1) is 0 Å². The quantitative estimate of drug-likeness (QED) is 0.723. The smallest absolute Gasteiger partial charge is 0.0650 e. The number of hydrogen-bond acceptors (Lipinski definition) is 2. The van der Waals surface area contributed by atoms with Crippen LogP contribution >= 0.6 is 0 Å². The molecule has 0 spiro atoms. The van der Waals surface area contributed by atoms with Crippen molar-refractivity contribution in [2.75, 3.05) is 25.1 Å². The van der Waals surface area contributed by atoms with Crippen molar-refractivity contribution >= 4 is 11.8 Å². The van der Waals surface area contributed by atoms with Gasteiger partial charge in [0.15, 0.2) is 0 Å². The Bertz CT molecular complexity index is 493. The first-order chi connectivity index (χ1) is 9.95. The van der Waals surface area contributed by atoms with Gasteiger partial charge in [0, 0.05) is 18.8 Å². The van der Waals surface area contributed by atoms with Crippen molar-refractivity contribution in [2.24, 2.45) is 0 Å². The maximum absolute atomic E-state index is 5.57. The number of para-hydroxylation sites is 1. The van der Waals surface area contributed by atoms with Crippen molar-refractivity contribution in [1.82, 2.24) is 0 Å². The van der Waals surface area contributed by atoms with E-state index in [1.54, 1.807) is 0 Å². The van der Waals surface area contributed by atoms with Crippen LogP contribution in [0.5, 0.6) is 0 Å². The molecule has 20 heavy (non-hydrogen) atoms. The first-order valence-electron chi connectivity index (χ1n) is 7.03. The second kappa shape index (κ2) is 8.94. The highest BCUT2D eigenvalue weighted by molar-refractivity contribution is 5.48. The first kappa shape index (κ1) is 14.4. The maximum Gasteiger partial charge on any atom is 0.0650 e. The maximum atomic E-state index is 5.57. The largest absolute Gasteiger partial charge is 0.385 e. The van der Waals surface area contributed by atoms with Gasteiger partial charge in [0.05, 0.1) is 6.61 Å². The summed E-state index contributed by atoms with van der Waals surface area (Å²) in [6.45, 7) is 2.38. The van der Waals surface area contributed by atoms with Crippen LogP contribution in [0.25, 0.3) is 6.08 Å². The van der Waals surface area contributed by atoms with Crippen molar-refractivity contribution in [3.05, 3.63) is 72.3 Å². The normalized spacial score (nSPS) is 10.8. The fourth-order valence-electron chi connectivity index (χ4n) is 1.86. The molecule has 0 aliphatic heterocycles. The van der Waals surface area contributed by atoms with E-state index in [9.17, 15) is 0 Å². The van der Waals surface area contributed by atoms with Gasteiger partial charge in [-0.1, -0.05) is 60.7 Å². The van der Waals surface area contributed by atoms with E-state index in [2.05, 4.69) is 41.7 Å². The molecule has 0 heterocycles. The molecule has 2 rings (SSSR count). The Balaban J connectivity index is 1.51. The molecule has 0 aliphatic rings. The van der Waals surface area contributed by atoms with Crippen LogP contribution < -0.4 is 5.32 Å². The summed E-state index contributed by atoms with van der Waals surface area (Å²) in [5.74, 6) is 0. The van der Waals surface area contributed by atoms with Crippen LogP contribution in [0.2, 0.25) is 0 Å². The van der Waals surface area contributed by atoms with Gasteiger partial charge in [0.25, 0.3) is 0 Å². The lowest BCUT2D eigenvalue weighted by molar-refractivity contribution is 0.162. The summed E-state index contributed by atoms with van der Waals surface area (Å²) in [7, 11) is 0. The standard InChI is InChI=1S/C18H21NO/c1-3-9-17(10-4-1)11-7-15-20-16-8-14-19-18-12-5-2-6-13-18/h1-7,9-13,19H,8,14-16H2. The Morgan fingerprint density at radius 2 is 1.60 bits per heavy atom. The molecule has 0 saturated heterocycles. The van der Waals surface area contributed by atoms with Gasteiger partial charge in [0.1, 0.15) is 0 Å². The number of benzene rings is 2. The summed E-state index contributed by atoms with van der Waals surface area (Å²) < 4.78 is 5.57. The van der Waals surface area contributed by atoms with Gasteiger partial charge in [-0.15, -0.1) is 0 Å². The average molecular weight is 267 g/mol. The van der Waals surface area contributed by atoms with Crippen LogP contribution in [0.3, 0.4) is 0 Å². The fourth-order valence-corrected chi connectivity index (χ4v) is 1.86. The van der Waals surface area contributed by atoms with Gasteiger partial charge >= 0.3 is 0 Å². The van der Waals surface area contributed by atoms with Crippen molar-refractivity contribution in [1.29, 1.82) is 0 Å². The summed E-state index contributed by atoms with van der Waals surface area (Å²) >= 11 is 0. The van der Waals surface area contributed by atoms with Gasteiger partial charge < -0.3 is 10.1 Å².